The van der Waals surface area contributed by atoms with E-state index in [0.29, 0.717) is 18.8 Å². The Kier molecular flexibility index (Phi) is 6.80. The van der Waals surface area contributed by atoms with Crippen LogP contribution >= 0.6 is 0 Å². The van der Waals surface area contributed by atoms with Crippen molar-refractivity contribution in [3.63, 3.8) is 0 Å². The van der Waals surface area contributed by atoms with Crippen molar-refractivity contribution in [1.82, 2.24) is 4.90 Å². The van der Waals surface area contributed by atoms with Crippen molar-refractivity contribution in [1.29, 1.82) is 0 Å². The molecule has 0 radical (unpaired) electrons. The number of hydrogen-bond donors (Lipinski definition) is 0. The zero-order valence-corrected chi connectivity index (χ0v) is 18.5. The van der Waals surface area contributed by atoms with Crippen molar-refractivity contribution in [2.45, 2.75) is 6.92 Å². The molecule has 6 nitrogen and oxygen atoms in total. The molecule has 0 atom stereocenters. The lowest BCUT2D eigenvalue weighted by Crippen LogP contribution is -2.50. The summed E-state index contributed by atoms with van der Waals surface area (Å²) in [6, 6.07) is 23.2. The molecule has 3 aromatic carbocycles. The molecule has 4 rings (SSSR count). The smallest absolute Gasteiger partial charge is 0.260 e. The van der Waals surface area contributed by atoms with Gasteiger partial charge in [-0.05, 0) is 55.5 Å². The molecule has 0 aliphatic carbocycles. The van der Waals surface area contributed by atoms with E-state index in [-0.39, 0.29) is 12.5 Å². The van der Waals surface area contributed by atoms with Gasteiger partial charge in [0.2, 0.25) is 0 Å². The molecular formula is C26H28N2O4. The van der Waals surface area contributed by atoms with E-state index in [0.717, 1.165) is 36.0 Å². The largest absolute Gasteiger partial charge is 0.497 e. The van der Waals surface area contributed by atoms with Gasteiger partial charge >= 0.3 is 0 Å². The van der Waals surface area contributed by atoms with Crippen LogP contribution in [0.25, 0.3) is 0 Å². The SMILES string of the molecule is COc1cccc(N2CCN(C(=O)COc3ccc(Oc4ccc(C)cc4)cc3)CC2)c1. The van der Waals surface area contributed by atoms with Gasteiger partial charge < -0.3 is 24.0 Å². The summed E-state index contributed by atoms with van der Waals surface area (Å²) in [5, 5.41) is 0. The Morgan fingerprint density at radius 3 is 2.09 bits per heavy atom. The molecule has 1 amide bonds. The highest BCUT2D eigenvalue weighted by Crippen LogP contribution is 2.25. The van der Waals surface area contributed by atoms with Crippen LogP contribution in [-0.2, 0) is 4.79 Å². The molecular weight excluding hydrogens is 404 g/mol. The first-order valence-corrected chi connectivity index (χ1v) is 10.7. The molecule has 32 heavy (non-hydrogen) atoms. The fourth-order valence-electron chi connectivity index (χ4n) is 3.60. The van der Waals surface area contributed by atoms with E-state index in [4.69, 9.17) is 14.2 Å². The van der Waals surface area contributed by atoms with E-state index in [1.54, 1.807) is 7.11 Å². The fourth-order valence-corrected chi connectivity index (χ4v) is 3.60. The van der Waals surface area contributed by atoms with E-state index >= 15 is 0 Å². The second kappa shape index (κ2) is 10.1. The van der Waals surface area contributed by atoms with Crippen LogP contribution in [0.2, 0.25) is 0 Å². The lowest BCUT2D eigenvalue weighted by atomic mass is 10.2. The Balaban J connectivity index is 1.24. The Morgan fingerprint density at radius 1 is 0.812 bits per heavy atom. The van der Waals surface area contributed by atoms with Crippen LogP contribution in [0.3, 0.4) is 0 Å². The predicted octanol–water partition coefficient (Wildman–Crippen LogP) is 4.52. The number of ether oxygens (including phenoxy) is 3. The average Bonchev–Trinajstić information content (AvgIpc) is 2.85. The van der Waals surface area contributed by atoms with Gasteiger partial charge in [0.15, 0.2) is 6.61 Å². The van der Waals surface area contributed by atoms with Gasteiger partial charge in [-0.1, -0.05) is 23.8 Å². The molecule has 6 heteroatoms. The molecule has 166 valence electrons. The van der Waals surface area contributed by atoms with Crippen LogP contribution in [0.15, 0.2) is 72.8 Å². The van der Waals surface area contributed by atoms with Crippen LogP contribution in [0, 0.1) is 6.92 Å². The molecule has 1 aliphatic rings. The third kappa shape index (κ3) is 5.52. The molecule has 1 fully saturated rings. The zero-order valence-electron chi connectivity index (χ0n) is 18.5. The summed E-state index contributed by atoms with van der Waals surface area (Å²) in [5.74, 6) is 2.98. The van der Waals surface area contributed by atoms with Crippen molar-refractivity contribution in [2.75, 3.05) is 44.8 Å². The zero-order chi connectivity index (χ0) is 22.3. The van der Waals surface area contributed by atoms with E-state index in [1.807, 2.05) is 78.6 Å². The topological polar surface area (TPSA) is 51.2 Å². The number of amides is 1. The van der Waals surface area contributed by atoms with Gasteiger partial charge in [-0.3, -0.25) is 4.79 Å². The first-order chi connectivity index (χ1) is 15.6. The molecule has 0 unspecified atom stereocenters. The number of methoxy groups -OCH3 is 1. The van der Waals surface area contributed by atoms with Crippen molar-refractivity contribution < 1.29 is 19.0 Å². The van der Waals surface area contributed by atoms with Crippen LogP contribution in [0.5, 0.6) is 23.0 Å². The number of piperazine rings is 1. The number of hydrogen-bond acceptors (Lipinski definition) is 5. The van der Waals surface area contributed by atoms with Crippen molar-refractivity contribution in [2.24, 2.45) is 0 Å². The Labute approximate surface area is 188 Å². The fraction of sp³-hybridized carbons (Fsp3) is 0.269. The highest BCUT2D eigenvalue weighted by molar-refractivity contribution is 5.78. The summed E-state index contributed by atoms with van der Waals surface area (Å²) in [5.41, 5.74) is 2.30. The van der Waals surface area contributed by atoms with Gasteiger partial charge in [0.1, 0.15) is 23.0 Å². The minimum Gasteiger partial charge on any atom is -0.497 e. The van der Waals surface area contributed by atoms with E-state index in [1.165, 1.54) is 5.56 Å². The molecule has 1 aliphatic heterocycles. The standard InChI is InChI=1S/C26H28N2O4/c1-20-6-8-23(9-7-20)32-24-12-10-22(11-13-24)31-19-26(29)28-16-14-27(15-17-28)21-4-3-5-25(18-21)30-2/h3-13,18H,14-17,19H2,1-2H3. The van der Waals surface area contributed by atoms with Gasteiger partial charge in [0.25, 0.3) is 5.91 Å². The molecule has 0 aromatic heterocycles. The summed E-state index contributed by atoms with van der Waals surface area (Å²) in [6.45, 7) is 4.97. The minimum absolute atomic E-state index is 0.00438. The van der Waals surface area contributed by atoms with Gasteiger partial charge in [-0.15, -0.1) is 0 Å². The molecule has 0 bridgehead atoms. The van der Waals surface area contributed by atoms with Gasteiger partial charge in [0.05, 0.1) is 7.11 Å². The van der Waals surface area contributed by atoms with Crippen molar-refractivity contribution >= 4 is 11.6 Å². The first-order valence-electron chi connectivity index (χ1n) is 10.7. The lowest BCUT2D eigenvalue weighted by molar-refractivity contribution is -0.133. The highest BCUT2D eigenvalue weighted by atomic mass is 16.5. The third-order valence-corrected chi connectivity index (χ3v) is 5.49. The maximum Gasteiger partial charge on any atom is 0.260 e. The van der Waals surface area contributed by atoms with Crippen LogP contribution in [0.4, 0.5) is 5.69 Å². The Bertz CT molecular complexity index is 1030. The number of benzene rings is 3. The Morgan fingerprint density at radius 2 is 1.44 bits per heavy atom. The minimum atomic E-state index is -0.00438. The normalized spacial score (nSPS) is 13.6. The number of anilines is 1. The lowest BCUT2D eigenvalue weighted by Gasteiger charge is -2.36. The second-order valence-corrected chi connectivity index (χ2v) is 7.74. The van der Waals surface area contributed by atoms with Gasteiger partial charge in [-0.2, -0.15) is 0 Å². The number of carbonyl (C=O) groups is 1. The predicted molar refractivity (Wildman–Crippen MR) is 125 cm³/mol. The van der Waals surface area contributed by atoms with E-state index in [2.05, 4.69) is 11.0 Å². The van der Waals surface area contributed by atoms with Gasteiger partial charge in [0, 0.05) is 37.9 Å². The molecule has 0 saturated carbocycles. The molecule has 1 heterocycles. The number of aryl methyl sites for hydroxylation is 1. The molecule has 1 saturated heterocycles. The van der Waals surface area contributed by atoms with Crippen molar-refractivity contribution in [3.05, 3.63) is 78.4 Å². The summed E-state index contributed by atoms with van der Waals surface area (Å²) in [7, 11) is 1.67. The summed E-state index contributed by atoms with van der Waals surface area (Å²) in [4.78, 5) is 16.7. The van der Waals surface area contributed by atoms with E-state index in [9.17, 15) is 4.79 Å². The van der Waals surface area contributed by atoms with Crippen molar-refractivity contribution in [3.8, 4) is 23.0 Å². The number of carbonyl (C=O) groups excluding carboxylic acids is 1. The average molecular weight is 433 g/mol. The molecule has 3 aromatic rings. The third-order valence-electron chi connectivity index (χ3n) is 5.49. The summed E-state index contributed by atoms with van der Waals surface area (Å²) in [6.07, 6.45) is 0. The second-order valence-electron chi connectivity index (χ2n) is 7.74. The van der Waals surface area contributed by atoms with Crippen LogP contribution in [-0.4, -0.2) is 50.7 Å². The maximum absolute atomic E-state index is 12.6. The maximum atomic E-state index is 12.6. The highest BCUT2D eigenvalue weighted by Gasteiger charge is 2.21. The summed E-state index contributed by atoms with van der Waals surface area (Å²) < 4.78 is 16.8. The number of rotatable bonds is 7. The molecule has 0 spiro atoms. The monoisotopic (exact) mass is 432 g/mol. The van der Waals surface area contributed by atoms with Gasteiger partial charge in [-0.25, -0.2) is 0 Å². The quantitative estimate of drug-likeness (QED) is 0.549. The molecule has 0 N–H and O–H groups in total. The Hall–Kier alpha value is -3.67. The number of nitrogens with zero attached hydrogens (tertiary/aromatic N) is 2. The summed E-state index contributed by atoms with van der Waals surface area (Å²) >= 11 is 0. The van der Waals surface area contributed by atoms with E-state index < -0.39 is 0 Å². The van der Waals surface area contributed by atoms with Crippen LogP contribution < -0.4 is 19.1 Å². The van der Waals surface area contributed by atoms with Crippen LogP contribution in [0.1, 0.15) is 5.56 Å². The first kappa shape index (κ1) is 21.6.